The molecule has 0 saturated carbocycles. The van der Waals surface area contributed by atoms with Crippen LogP contribution in [0.25, 0.3) is 122 Å². The maximum Gasteiger partial charge on any atom is 0.164 e. The molecule has 0 unspecified atom stereocenters. The molecule has 64 heavy (non-hydrogen) atoms. The molecule has 12 rings (SSSR count). The molecule has 0 atom stereocenters. The molecule has 0 aliphatic rings. The summed E-state index contributed by atoms with van der Waals surface area (Å²) in [5, 5.41) is 9.40. The van der Waals surface area contributed by atoms with E-state index in [2.05, 4.69) is 237 Å². The molecule has 0 fully saturated rings. The molecule has 3 heteroatoms. The van der Waals surface area contributed by atoms with Gasteiger partial charge in [-0.15, -0.1) is 0 Å². The van der Waals surface area contributed by atoms with Crippen molar-refractivity contribution < 1.29 is 0 Å². The second kappa shape index (κ2) is 15.7. The van der Waals surface area contributed by atoms with Crippen molar-refractivity contribution in [2.45, 2.75) is 0 Å². The second-order valence-electron chi connectivity index (χ2n) is 16.3. The van der Waals surface area contributed by atoms with Gasteiger partial charge in [0.25, 0.3) is 0 Å². The smallest absolute Gasteiger partial charge is 0.164 e. The fourth-order valence-electron chi connectivity index (χ4n) is 9.48. The average Bonchev–Trinajstić information content (AvgIpc) is 3.37. The molecule has 1 heterocycles. The van der Waals surface area contributed by atoms with Crippen molar-refractivity contribution >= 4 is 43.1 Å². The Morgan fingerprint density at radius 3 is 1.27 bits per heavy atom. The van der Waals surface area contributed by atoms with Crippen LogP contribution < -0.4 is 0 Å². The third-order valence-corrected chi connectivity index (χ3v) is 12.5. The monoisotopic (exact) mass is 813 g/mol. The number of rotatable bonds is 7. The van der Waals surface area contributed by atoms with Crippen LogP contribution in [0.4, 0.5) is 0 Å². The van der Waals surface area contributed by atoms with E-state index in [1.54, 1.807) is 0 Å². The Morgan fingerprint density at radius 1 is 0.188 bits per heavy atom. The first-order chi connectivity index (χ1) is 31.7. The zero-order valence-corrected chi connectivity index (χ0v) is 34.9. The van der Waals surface area contributed by atoms with Gasteiger partial charge in [-0.05, 0) is 99.7 Å². The lowest BCUT2D eigenvalue weighted by Gasteiger charge is -2.16. The summed E-state index contributed by atoms with van der Waals surface area (Å²) in [4.78, 5) is 16.1. The predicted octanol–water partition coefficient (Wildman–Crippen LogP) is 16.2. The third-order valence-electron chi connectivity index (χ3n) is 12.5. The van der Waals surface area contributed by atoms with Crippen molar-refractivity contribution in [3.8, 4) is 78.7 Å². The van der Waals surface area contributed by atoms with Crippen LogP contribution >= 0.6 is 0 Å². The van der Waals surface area contributed by atoms with Crippen molar-refractivity contribution in [3.63, 3.8) is 0 Å². The van der Waals surface area contributed by atoms with E-state index >= 15 is 0 Å². The molecular weight excluding hydrogens is 775 g/mol. The minimum absolute atomic E-state index is 0.617. The van der Waals surface area contributed by atoms with E-state index < -0.39 is 0 Å². The minimum atomic E-state index is 0.617. The predicted molar refractivity (Wildman–Crippen MR) is 268 cm³/mol. The van der Waals surface area contributed by atoms with E-state index in [9.17, 15) is 0 Å². The van der Waals surface area contributed by atoms with Gasteiger partial charge in [-0.3, -0.25) is 0 Å². The number of aromatic nitrogens is 3. The zero-order valence-electron chi connectivity index (χ0n) is 34.9. The number of nitrogens with zero attached hydrogens (tertiary/aromatic N) is 3. The van der Waals surface area contributed by atoms with Crippen molar-refractivity contribution in [2.24, 2.45) is 0 Å². The molecule has 298 valence electrons. The molecule has 1 aromatic heterocycles. The van der Waals surface area contributed by atoms with Crippen molar-refractivity contribution in [2.75, 3.05) is 0 Å². The lowest BCUT2D eigenvalue weighted by molar-refractivity contribution is 1.08. The molecule has 12 aromatic rings. The number of hydrogen-bond acceptors (Lipinski definition) is 3. The van der Waals surface area contributed by atoms with E-state index in [1.807, 2.05) is 0 Å². The Kier molecular flexibility index (Phi) is 9.16. The minimum Gasteiger partial charge on any atom is -0.208 e. The lowest BCUT2D eigenvalue weighted by Crippen LogP contribution is -2.02. The van der Waals surface area contributed by atoms with Gasteiger partial charge >= 0.3 is 0 Å². The summed E-state index contributed by atoms with van der Waals surface area (Å²) in [7, 11) is 0. The third kappa shape index (κ3) is 6.59. The van der Waals surface area contributed by atoms with Crippen LogP contribution in [0.2, 0.25) is 0 Å². The van der Waals surface area contributed by atoms with E-state index in [4.69, 9.17) is 15.0 Å². The highest BCUT2D eigenvalue weighted by Crippen LogP contribution is 2.41. The molecule has 0 spiro atoms. The molecule has 0 radical (unpaired) electrons. The summed E-state index contributed by atoms with van der Waals surface area (Å²) in [6, 6.07) is 84.2. The van der Waals surface area contributed by atoms with Gasteiger partial charge in [0.2, 0.25) is 0 Å². The molecule has 0 aliphatic carbocycles. The van der Waals surface area contributed by atoms with Crippen molar-refractivity contribution in [1.29, 1.82) is 0 Å². The van der Waals surface area contributed by atoms with Gasteiger partial charge in [-0.25, -0.2) is 15.0 Å². The Morgan fingerprint density at radius 2 is 0.578 bits per heavy atom. The first-order valence-electron chi connectivity index (χ1n) is 21.8. The van der Waals surface area contributed by atoms with Gasteiger partial charge in [0.15, 0.2) is 17.5 Å². The fourth-order valence-corrected chi connectivity index (χ4v) is 9.48. The van der Waals surface area contributed by atoms with Crippen LogP contribution in [-0.2, 0) is 0 Å². The highest BCUT2D eigenvalue weighted by molar-refractivity contribution is 6.05. The Labute approximate surface area is 371 Å². The van der Waals surface area contributed by atoms with Crippen LogP contribution in [0, 0.1) is 0 Å². The van der Waals surface area contributed by atoms with Crippen LogP contribution in [0.1, 0.15) is 0 Å². The topological polar surface area (TPSA) is 38.7 Å². The largest absolute Gasteiger partial charge is 0.208 e. The first kappa shape index (κ1) is 37.2. The Hall–Kier alpha value is -8.53. The molecule has 3 nitrogen and oxygen atoms in total. The summed E-state index contributed by atoms with van der Waals surface area (Å²) in [5.41, 5.74) is 12.1. The molecule has 0 N–H and O–H groups in total. The van der Waals surface area contributed by atoms with E-state index in [0.717, 1.165) is 54.9 Å². The summed E-state index contributed by atoms with van der Waals surface area (Å²) in [6.07, 6.45) is 0. The van der Waals surface area contributed by atoms with E-state index in [0.29, 0.717) is 17.5 Å². The maximum absolute atomic E-state index is 5.40. The Balaban J connectivity index is 1.05. The molecule has 11 aromatic carbocycles. The lowest BCUT2D eigenvalue weighted by atomic mass is 9.89. The van der Waals surface area contributed by atoms with Crippen LogP contribution in [0.3, 0.4) is 0 Å². The highest BCUT2D eigenvalue weighted by atomic mass is 15.0. The van der Waals surface area contributed by atoms with Crippen LogP contribution in [0.5, 0.6) is 0 Å². The number of hydrogen-bond donors (Lipinski definition) is 0. The number of benzene rings is 11. The Bertz CT molecular complexity index is 3730. The van der Waals surface area contributed by atoms with Gasteiger partial charge < -0.3 is 0 Å². The zero-order chi connectivity index (χ0) is 42.4. The van der Waals surface area contributed by atoms with Gasteiger partial charge in [0.05, 0.1) is 0 Å². The van der Waals surface area contributed by atoms with Gasteiger partial charge in [0, 0.05) is 16.7 Å². The molecule has 0 saturated heterocycles. The van der Waals surface area contributed by atoms with Gasteiger partial charge in [-0.2, -0.15) is 0 Å². The summed E-state index contributed by atoms with van der Waals surface area (Å²) in [5.74, 6) is 1.86. The first-order valence-corrected chi connectivity index (χ1v) is 21.8. The van der Waals surface area contributed by atoms with Gasteiger partial charge in [-0.1, -0.05) is 224 Å². The summed E-state index contributed by atoms with van der Waals surface area (Å²) >= 11 is 0. The fraction of sp³-hybridized carbons (Fsp3) is 0. The van der Waals surface area contributed by atoms with E-state index in [1.165, 1.54) is 49.4 Å². The average molecular weight is 814 g/mol. The van der Waals surface area contributed by atoms with Crippen molar-refractivity contribution in [3.05, 3.63) is 237 Å². The molecule has 0 bridgehead atoms. The normalized spacial score (nSPS) is 11.4. The SMILES string of the molecule is c1ccc(-c2cccc3c(-c4nc(-c5ccc6cc(-c7cccc8ccccc78)ccc6c5)nc(-c5ccccc5-c5ccccc5-c5cccc6ccccc56)n4)cccc23)cc1. The van der Waals surface area contributed by atoms with E-state index in [-0.39, 0.29) is 0 Å². The molecular formula is C61H39N3. The molecule has 0 aliphatic heterocycles. The van der Waals surface area contributed by atoms with Crippen molar-refractivity contribution in [1.82, 2.24) is 15.0 Å². The quantitative estimate of drug-likeness (QED) is 0.161. The van der Waals surface area contributed by atoms with Gasteiger partial charge in [0.1, 0.15) is 0 Å². The number of fused-ring (bicyclic) bond motifs is 4. The second-order valence-corrected chi connectivity index (χ2v) is 16.3. The standard InChI is InChI=1S/C61H39N3/c1-2-16-40(17-3-1)49-29-14-32-56-52(49)31-15-33-58(56)61-63-59(46-37-35-43-38-45(36-34-44(43)39-46)50-28-12-20-41-18-4-6-22-47(41)50)62-60(64-61)57-27-11-10-26-55(57)54-25-9-8-24-53(54)51-30-13-21-42-19-5-7-23-48(42)51/h1-39H. The highest BCUT2D eigenvalue weighted by Gasteiger charge is 2.20. The maximum atomic E-state index is 5.40. The molecule has 0 amide bonds. The van der Waals surface area contributed by atoms with Crippen LogP contribution in [-0.4, -0.2) is 15.0 Å². The summed E-state index contributed by atoms with van der Waals surface area (Å²) < 4.78 is 0. The van der Waals surface area contributed by atoms with Crippen LogP contribution in [0.15, 0.2) is 237 Å². The summed E-state index contributed by atoms with van der Waals surface area (Å²) in [6.45, 7) is 0.